The van der Waals surface area contributed by atoms with Crippen LogP contribution < -0.4 is 5.32 Å². The van der Waals surface area contributed by atoms with Crippen LogP contribution >= 0.6 is 11.3 Å². The molecular weight excluding hydrogens is 280 g/mol. The predicted molar refractivity (Wildman–Crippen MR) is 78.9 cm³/mol. The predicted octanol–water partition coefficient (Wildman–Crippen LogP) is 2.42. The fraction of sp³-hybridized carbons (Fsp3) is 0.692. The van der Waals surface area contributed by atoms with E-state index in [1.807, 2.05) is 20.0 Å². The maximum atomic E-state index is 12.7. The summed E-state index contributed by atoms with van der Waals surface area (Å²) in [6.45, 7) is 4.79. The Morgan fingerprint density at radius 3 is 2.79 bits per heavy atom. The van der Waals surface area contributed by atoms with E-state index in [4.69, 9.17) is 0 Å². The molecule has 108 valence electrons. The van der Waals surface area contributed by atoms with Crippen LogP contribution in [0.5, 0.6) is 0 Å². The normalized spacial score (nSPS) is 25.0. The molecule has 4 nitrogen and oxygen atoms in total. The molecule has 19 heavy (non-hydrogen) atoms. The van der Waals surface area contributed by atoms with E-state index in [1.165, 1.54) is 11.3 Å². The Morgan fingerprint density at radius 1 is 1.42 bits per heavy atom. The van der Waals surface area contributed by atoms with Crippen LogP contribution in [0.4, 0.5) is 0 Å². The minimum absolute atomic E-state index is 0.116. The molecule has 6 heteroatoms. The number of nitrogens with zero attached hydrogens (tertiary/aromatic N) is 1. The van der Waals surface area contributed by atoms with Gasteiger partial charge in [-0.2, -0.15) is 4.31 Å². The van der Waals surface area contributed by atoms with Gasteiger partial charge in [-0.3, -0.25) is 0 Å². The van der Waals surface area contributed by atoms with Gasteiger partial charge in [0, 0.05) is 23.5 Å². The Labute approximate surface area is 119 Å². The van der Waals surface area contributed by atoms with E-state index in [9.17, 15) is 8.42 Å². The van der Waals surface area contributed by atoms with Crippen molar-refractivity contribution < 1.29 is 8.42 Å². The Balaban J connectivity index is 2.30. The van der Waals surface area contributed by atoms with Gasteiger partial charge < -0.3 is 5.32 Å². The van der Waals surface area contributed by atoms with Crippen molar-refractivity contribution in [3.05, 3.63) is 17.0 Å². The topological polar surface area (TPSA) is 49.4 Å². The molecule has 1 aliphatic heterocycles. The molecule has 1 aliphatic rings. The standard InChI is InChI=1S/C13H22N2O2S2/c1-4-11-6-5-10(2)15(11)19(16,17)13-8-7-12(18-13)9-14-3/h7-8,10-11,14H,4-6,9H2,1-3H3. The average molecular weight is 302 g/mol. The van der Waals surface area contributed by atoms with Gasteiger partial charge in [-0.15, -0.1) is 11.3 Å². The van der Waals surface area contributed by atoms with E-state index in [1.54, 1.807) is 10.4 Å². The first-order valence-corrected chi connectivity index (χ1v) is 9.03. The van der Waals surface area contributed by atoms with Crippen molar-refractivity contribution in [2.75, 3.05) is 7.05 Å². The largest absolute Gasteiger partial charge is 0.315 e. The highest BCUT2D eigenvalue weighted by atomic mass is 32.2. The summed E-state index contributed by atoms with van der Waals surface area (Å²) in [6, 6.07) is 3.92. The quantitative estimate of drug-likeness (QED) is 0.909. The molecule has 1 aromatic rings. The third-order valence-electron chi connectivity index (χ3n) is 3.70. The zero-order valence-electron chi connectivity index (χ0n) is 11.7. The zero-order valence-corrected chi connectivity index (χ0v) is 13.4. The van der Waals surface area contributed by atoms with Crippen LogP contribution in [-0.4, -0.2) is 31.9 Å². The fourth-order valence-electron chi connectivity index (χ4n) is 2.74. The maximum Gasteiger partial charge on any atom is 0.253 e. The molecule has 2 heterocycles. The molecule has 0 amide bonds. The highest BCUT2D eigenvalue weighted by Gasteiger charge is 2.39. The molecule has 0 aliphatic carbocycles. The van der Waals surface area contributed by atoms with Crippen LogP contribution in [0.25, 0.3) is 0 Å². The van der Waals surface area contributed by atoms with Gasteiger partial charge in [0.05, 0.1) is 0 Å². The van der Waals surface area contributed by atoms with Gasteiger partial charge in [0.15, 0.2) is 0 Å². The van der Waals surface area contributed by atoms with Gasteiger partial charge in [-0.25, -0.2) is 8.42 Å². The second kappa shape index (κ2) is 5.91. The Bertz CT molecular complexity index is 525. The number of nitrogens with one attached hydrogen (secondary N) is 1. The van der Waals surface area contributed by atoms with Gasteiger partial charge in [0.1, 0.15) is 4.21 Å². The maximum absolute atomic E-state index is 12.7. The summed E-state index contributed by atoms with van der Waals surface area (Å²) >= 11 is 1.37. The SMILES string of the molecule is CCC1CCC(C)N1S(=O)(=O)c1ccc(CNC)s1. The third-order valence-corrected chi connectivity index (χ3v) is 7.32. The minimum Gasteiger partial charge on any atom is -0.315 e. The summed E-state index contributed by atoms with van der Waals surface area (Å²) in [5, 5.41) is 3.05. The first kappa shape index (κ1) is 15.0. The molecule has 0 bridgehead atoms. The number of hydrogen-bond acceptors (Lipinski definition) is 4. The van der Waals surface area contributed by atoms with E-state index in [0.717, 1.165) is 24.1 Å². The Hall–Kier alpha value is -0.430. The molecule has 0 spiro atoms. The lowest BCUT2D eigenvalue weighted by molar-refractivity contribution is 0.329. The molecule has 1 saturated heterocycles. The van der Waals surface area contributed by atoms with Crippen LogP contribution in [0.1, 0.15) is 38.0 Å². The highest BCUT2D eigenvalue weighted by Crippen LogP contribution is 2.34. The molecule has 1 fully saturated rings. The van der Waals surface area contributed by atoms with E-state index in [-0.39, 0.29) is 12.1 Å². The van der Waals surface area contributed by atoms with Crippen molar-refractivity contribution in [1.82, 2.24) is 9.62 Å². The van der Waals surface area contributed by atoms with E-state index in [2.05, 4.69) is 12.2 Å². The van der Waals surface area contributed by atoms with Gasteiger partial charge in [-0.1, -0.05) is 6.92 Å². The summed E-state index contributed by atoms with van der Waals surface area (Å²) in [7, 11) is -1.46. The minimum atomic E-state index is -3.32. The summed E-state index contributed by atoms with van der Waals surface area (Å²) in [6.07, 6.45) is 2.83. The summed E-state index contributed by atoms with van der Waals surface area (Å²) in [5.41, 5.74) is 0. The molecule has 0 saturated carbocycles. The summed E-state index contributed by atoms with van der Waals surface area (Å²) in [4.78, 5) is 1.06. The van der Waals surface area contributed by atoms with Gasteiger partial charge in [-0.05, 0) is 45.4 Å². The van der Waals surface area contributed by atoms with Crippen molar-refractivity contribution in [3.8, 4) is 0 Å². The lowest BCUT2D eigenvalue weighted by Crippen LogP contribution is -2.39. The number of sulfonamides is 1. The van der Waals surface area contributed by atoms with E-state index in [0.29, 0.717) is 10.8 Å². The second-order valence-electron chi connectivity index (χ2n) is 5.07. The molecule has 0 aromatic carbocycles. The molecule has 1 N–H and O–H groups in total. The Morgan fingerprint density at radius 2 is 2.16 bits per heavy atom. The lowest BCUT2D eigenvalue weighted by Gasteiger charge is -2.26. The van der Waals surface area contributed by atoms with Crippen LogP contribution in [0, 0.1) is 0 Å². The van der Waals surface area contributed by atoms with E-state index < -0.39 is 10.0 Å². The molecule has 2 rings (SSSR count). The lowest BCUT2D eigenvalue weighted by atomic mass is 10.2. The summed E-state index contributed by atoms with van der Waals surface area (Å²) in [5.74, 6) is 0. The van der Waals surface area contributed by atoms with Crippen molar-refractivity contribution >= 4 is 21.4 Å². The number of rotatable bonds is 5. The van der Waals surface area contributed by atoms with Crippen LogP contribution in [0.15, 0.2) is 16.3 Å². The average Bonchev–Trinajstić information content (AvgIpc) is 2.96. The smallest absolute Gasteiger partial charge is 0.253 e. The molecular formula is C13H22N2O2S2. The molecule has 1 aromatic heterocycles. The van der Waals surface area contributed by atoms with Crippen LogP contribution in [0.3, 0.4) is 0 Å². The molecule has 0 radical (unpaired) electrons. The van der Waals surface area contributed by atoms with Crippen molar-refractivity contribution in [2.24, 2.45) is 0 Å². The van der Waals surface area contributed by atoms with Crippen molar-refractivity contribution in [1.29, 1.82) is 0 Å². The highest BCUT2D eigenvalue weighted by molar-refractivity contribution is 7.91. The van der Waals surface area contributed by atoms with Crippen molar-refractivity contribution in [3.63, 3.8) is 0 Å². The molecule has 2 atom stereocenters. The number of thiophene rings is 1. The van der Waals surface area contributed by atoms with Crippen LogP contribution in [0.2, 0.25) is 0 Å². The fourth-order valence-corrected chi connectivity index (χ4v) is 6.16. The number of hydrogen-bond donors (Lipinski definition) is 1. The Kier molecular flexibility index (Phi) is 4.66. The monoisotopic (exact) mass is 302 g/mol. The third kappa shape index (κ3) is 2.86. The van der Waals surface area contributed by atoms with E-state index >= 15 is 0 Å². The van der Waals surface area contributed by atoms with Crippen LogP contribution in [-0.2, 0) is 16.6 Å². The first-order valence-electron chi connectivity index (χ1n) is 6.77. The second-order valence-corrected chi connectivity index (χ2v) is 8.31. The first-order chi connectivity index (χ1) is 9.00. The van der Waals surface area contributed by atoms with Gasteiger partial charge in [0.25, 0.3) is 10.0 Å². The summed E-state index contributed by atoms with van der Waals surface area (Å²) < 4.78 is 27.7. The molecule has 2 unspecified atom stereocenters. The van der Waals surface area contributed by atoms with Crippen molar-refractivity contribution in [2.45, 2.75) is 55.9 Å². The van der Waals surface area contributed by atoms with Gasteiger partial charge in [0.2, 0.25) is 0 Å². The zero-order chi connectivity index (χ0) is 14.0. The van der Waals surface area contributed by atoms with Gasteiger partial charge >= 0.3 is 0 Å².